The predicted octanol–water partition coefficient (Wildman–Crippen LogP) is -0.115. The molecule has 1 atom stereocenters. The fourth-order valence-electron chi connectivity index (χ4n) is 1.36. The van der Waals surface area contributed by atoms with Crippen molar-refractivity contribution in [1.29, 1.82) is 0 Å². The lowest BCUT2D eigenvalue weighted by Crippen LogP contribution is -2.26. The summed E-state index contributed by atoms with van der Waals surface area (Å²) in [6.07, 6.45) is -0.701. The van der Waals surface area contributed by atoms with Crippen LogP contribution in [0.2, 0.25) is 0 Å². The largest absolute Gasteiger partial charge is 0.462 e. The van der Waals surface area contributed by atoms with Gasteiger partial charge in [0, 0.05) is 6.92 Å². The second kappa shape index (κ2) is 4.78. The van der Waals surface area contributed by atoms with Gasteiger partial charge in [-0.25, -0.2) is 9.59 Å². The average molecular weight is 227 g/mol. The summed E-state index contributed by atoms with van der Waals surface area (Å²) >= 11 is 0. The fourth-order valence-corrected chi connectivity index (χ4v) is 1.36. The van der Waals surface area contributed by atoms with E-state index in [1.807, 2.05) is 0 Å². The minimum Gasteiger partial charge on any atom is -0.462 e. The standard InChI is InChI=1S/C10H13NO5/c1-4-15-9(13)7-5(2)16-10(14)8(7)11-6(3)12/h5H,4H2,1-3H3,(H,11,12)/t5-/m1/s1. The van der Waals surface area contributed by atoms with Crippen LogP contribution in [0.1, 0.15) is 20.8 Å². The van der Waals surface area contributed by atoms with Gasteiger partial charge in [0.05, 0.1) is 6.61 Å². The van der Waals surface area contributed by atoms with E-state index in [-0.39, 0.29) is 17.9 Å². The first-order valence-electron chi connectivity index (χ1n) is 4.87. The van der Waals surface area contributed by atoms with Crippen molar-refractivity contribution in [1.82, 2.24) is 5.32 Å². The van der Waals surface area contributed by atoms with Crippen LogP contribution in [0.3, 0.4) is 0 Å². The Balaban J connectivity index is 3.03. The Morgan fingerprint density at radius 1 is 1.50 bits per heavy atom. The van der Waals surface area contributed by atoms with Gasteiger partial charge in [0.25, 0.3) is 0 Å². The fraction of sp³-hybridized carbons (Fsp3) is 0.500. The molecule has 0 aromatic carbocycles. The molecule has 6 nitrogen and oxygen atoms in total. The molecule has 1 heterocycles. The normalized spacial score (nSPS) is 19.4. The molecule has 6 heteroatoms. The lowest BCUT2D eigenvalue weighted by atomic mass is 10.1. The molecular formula is C10H13NO5. The number of nitrogens with one attached hydrogen (secondary N) is 1. The van der Waals surface area contributed by atoms with Gasteiger partial charge < -0.3 is 14.8 Å². The van der Waals surface area contributed by atoms with Crippen LogP contribution in [0.25, 0.3) is 0 Å². The van der Waals surface area contributed by atoms with Crippen LogP contribution in [-0.2, 0) is 23.9 Å². The number of ether oxygens (including phenoxy) is 2. The highest BCUT2D eigenvalue weighted by molar-refractivity contribution is 6.05. The van der Waals surface area contributed by atoms with Crippen molar-refractivity contribution in [3.8, 4) is 0 Å². The topological polar surface area (TPSA) is 81.7 Å². The molecule has 0 aliphatic carbocycles. The maximum absolute atomic E-state index is 11.5. The number of rotatable bonds is 3. The molecule has 0 unspecified atom stereocenters. The van der Waals surface area contributed by atoms with Gasteiger partial charge in [-0.05, 0) is 13.8 Å². The predicted molar refractivity (Wildman–Crippen MR) is 53.0 cm³/mol. The monoisotopic (exact) mass is 227 g/mol. The number of hydrogen-bond donors (Lipinski definition) is 1. The van der Waals surface area contributed by atoms with Crippen molar-refractivity contribution in [3.63, 3.8) is 0 Å². The van der Waals surface area contributed by atoms with Gasteiger partial charge in [0.15, 0.2) is 0 Å². The summed E-state index contributed by atoms with van der Waals surface area (Å²) in [5.74, 6) is -1.81. The van der Waals surface area contributed by atoms with Crippen LogP contribution in [0.15, 0.2) is 11.3 Å². The highest BCUT2D eigenvalue weighted by Gasteiger charge is 2.37. The van der Waals surface area contributed by atoms with Crippen LogP contribution >= 0.6 is 0 Å². The molecule has 0 radical (unpaired) electrons. The molecule has 0 aromatic heterocycles. The average Bonchev–Trinajstić information content (AvgIpc) is 2.41. The third kappa shape index (κ3) is 2.39. The molecular weight excluding hydrogens is 214 g/mol. The first kappa shape index (κ1) is 12.2. The van der Waals surface area contributed by atoms with Gasteiger partial charge in [0.2, 0.25) is 5.91 Å². The lowest BCUT2D eigenvalue weighted by Gasteiger charge is -2.07. The van der Waals surface area contributed by atoms with Crippen molar-refractivity contribution < 1.29 is 23.9 Å². The summed E-state index contributed by atoms with van der Waals surface area (Å²) in [6, 6.07) is 0. The molecule has 0 saturated heterocycles. The van der Waals surface area contributed by atoms with E-state index in [4.69, 9.17) is 9.47 Å². The van der Waals surface area contributed by atoms with E-state index in [9.17, 15) is 14.4 Å². The molecule has 88 valence electrons. The minimum absolute atomic E-state index is 0.0575. The Bertz CT molecular complexity index is 371. The number of carbonyl (C=O) groups excluding carboxylic acids is 3. The number of cyclic esters (lactones) is 1. The summed E-state index contributed by atoms with van der Waals surface area (Å²) < 4.78 is 9.60. The zero-order chi connectivity index (χ0) is 12.3. The SMILES string of the molecule is CCOC(=O)C1=C(NC(C)=O)C(=O)O[C@@H]1C. The molecule has 0 saturated carbocycles. The molecule has 1 N–H and O–H groups in total. The van der Waals surface area contributed by atoms with Gasteiger partial charge >= 0.3 is 11.9 Å². The van der Waals surface area contributed by atoms with Crippen LogP contribution in [0.4, 0.5) is 0 Å². The third-order valence-corrected chi connectivity index (χ3v) is 1.96. The number of esters is 2. The quantitative estimate of drug-likeness (QED) is 0.680. The second-order valence-corrected chi connectivity index (χ2v) is 3.24. The Morgan fingerprint density at radius 2 is 2.12 bits per heavy atom. The van der Waals surface area contributed by atoms with Gasteiger partial charge in [-0.15, -0.1) is 0 Å². The van der Waals surface area contributed by atoms with E-state index in [2.05, 4.69) is 5.32 Å². The summed E-state index contributed by atoms with van der Waals surface area (Å²) in [7, 11) is 0. The lowest BCUT2D eigenvalue weighted by molar-refractivity contribution is -0.141. The maximum Gasteiger partial charge on any atom is 0.356 e. The first-order chi connectivity index (χ1) is 7.47. The highest BCUT2D eigenvalue weighted by Crippen LogP contribution is 2.21. The van der Waals surface area contributed by atoms with Crippen molar-refractivity contribution in [2.75, 3.05) is 6.61 Å². The van der Waals surface area contributed by atoms with Crippen LogP contribution in [0.5, 0.6) is 0 Å². The maximum atomic E-state index is 11.5. The minimum atomic E-state index is -0.717. The zero-order valence-electron chi connectivity index (χ0n) is 9.33. The molecule has 1 amide bonds. The smallest absolute Gasteiger partial charge is 0.356 e. The van der Waals surface area contributed by atoms with E-state index in [0.717, 1.165) is 0 Å². The molecule has 0 bridgehead atoms. The van der Waals surface area contributed by atoms with Gasteiger partial charge in [-0.1, -0.05) is 0 Å². The third-order valence-electron chi connectivity index (χ3n) is 1.96. The Hall–Kier alpha value is -1.85. The van der Waals surface area contributed by atoms with Crippen molar-refractivity contribution in [2.24, 2.45) is 0 Å². The van der Waals surface area contributed by atoms with E-state index in [1.165, 1.54) is 6.92 Å². The Labute approximate surface area is 92.6 Å². The van der Waals surface area contributed by atoms with E-state index in [1.54, 1.807) is 13.8 Å². The Morgan fingerprint density at radius 3 is 2.62 bits per heavy atom. The van der Waals surface area contributed by atoms with Crippen LogP contribution in [-0.4, -0.2) is 30.6 Å². The van der Waals surface area contributed by atoms with Crippen molar-refractivity contribution in [2.45, 2.75) is 26.9 Å². The van der Waals surface area contributed by atoms with Gasteiger partial charge in [-0.3, -0.25) is 4.79 Å². The van der Waals surface area contributed by atoms with Crippen molar-refractivity contribution >= 4 is 17.8 Å². The highest BCUT2D eigenvalue weighted by atomic mass is 16.6. The molecule has 1 aliphatic rings. The zero-order valence-corrected chi connectivity index (χ0v) is 9.33. The molecule has 0 spiro atoms. The molecule has 1 rings (SSSR count). The van der Waals surface area contributed by atoms with Gasteiger partial charge in [-0.2, -0.15) is 0 Å². The van der Waals surface area contributed by atoms with Gasteiger partial charge in [0.1, 0.15) is 17.4 Å². The summed E-state index contributed by atoms with van der Waals surface area (Å²) in [4.78, 5) is 33.7. The first-order valence-corrected chi connectivity index (χ1v) is 4.87. The molecule has 16 heavy (non-hydrogen) atoms. The molecule has 0 aromatic rings. The second-order valence-electron chi connectivity index (χ2n) is 3.24. The van der Waals surface area contributed by atoms with E-state index < -0.39 is 23.9 Å². The molecule has 1 aliphatic heterocycles. The van der Waals surface area contributed by atoms with Crippen LogP contribution in [0, 0.1) is 0 Å². The van der Waals surface area contributed by atoms with E-state index >= 15 is 0 Å². The number of amides is 1. The number of carbonyl (C=O) groups is 3. The Kier molecular flexibility index (Phi) is 3.65. The van der Waals surface area contributed by atoms with Crippen molar-refractivity contribution in [3.05, 3.63) is 11.3 Å². The summed E-state index contributed by atoms with van der Waals surface area (Å²) in [5, 5.41) is 2.28. The van der Waals surface area contributed by atoms with E-state index in [0.29, 0.717) is 0 Å². The summed E-state index contributed by atoms with van der Waals surface area (Å²) in [5.41, 5.74) is -0.0690. The van der Waals surface area contributed by atoms with Crippen LogP contribution < -0.4 is 5.32 Å². The number of hydrogen-bond acceptors (Lipinski definition) is 5. The summed E-state index contributed by atoms with van der Waals surface area (Å²) in [6.45, 7) is 4.63. The molecule has 0 fully saturated rings.